The van der Waals surface area contributed by atoms with Crippen molar-refractivity contribution in [2.75, 3.05) is 18.4 Å². The van der Waals surface area contributed by atoms with Crippen molar-refractivity contribution >= 4 is 11.7 Å². The van der Waals surface area contributed by atoms with E-state index in [-0.39, 0.29) is 11.7 Å². The Morgan fingerprint density at radius 1 is 1.20 bits per heavy atom. The van der Waals surface area contributed by atoms with E-state index in [9.17, 15) is 18.0 Å². The number of benzene rings is 1. The van der Waals surface area contributed by atoms with E-state index in [1.54, 1.807) is 11.8 Å². The average Bonchev–Trinajstić information content (AvgIpc) is 2.41. The molecular formula is C14H17F3N2O. The maximum Gasteiger partial charge on any atom is 0.416 e. The van der Waals surface area contributed by atoms with Crippen molar-refractivity contribution in [2.24, 2.45) is 0 Å². The van der Waals surface area contributed by atoms with Crippen LogP contribution in [0.2, 0.25) is 0 Å². The summed E-state index contributed by atoms with van der Waals surface area (Å²) in [5, 5.41) is 2.58. The van der Waals surface area contributed by atoms with Crippen LogP contribution in [0.25, 0.3) is 0 Å². The number of rotatable bonds is 1. The molecule has 0 aromatic heterocycles. The van der Waals surface area contributed by atoms with Gasteiger partial charge in [0.2, 0.25) is 0 Å². The molecule has 0 aliphatic carbocycles. The number of halogens is 3. The van der Waals surface area contributed by atoms with Crippen LogP contribution in [-0.2, 0) is 6.18 Å². The van der Waals surface area contributed by atoms with Crippen molar-refractivity contribution in [2.45, 2.75) is 32.4 Å². The lowest BCUT2D eigenvalue weighted by atomic mass is 10.1. The minimum Gasteiger partial charge on any atom is -0.325 e. The summed E-state index contributed by atoms with van der Waals surface area (Å²) in [6, 6.07) is 3.05. The van der Waals surface area contributed by atoms with Gasteiger partial charge in [0.15, 0.2) is 0 Å². The molecule has 0 unspecified atom stereocenters. The molecule has 0 radical (unpaired) electrons. The molecule has 0 spiro atoms. The second kappa shape index (κ2) is 5.73. The van der Waals surface area contributed by atoms with E-state index in [0.717, 1.165) is 31.4 Å². The maximum absolute atomic E-state index is 12.7. The van der Waals surface area contributed by atoms with Gasteiger partial charge in [-0.1, -0.05) is 6.07 Å². The van der Waals surface area contributed by atoms with Crippen molar-refractivity contribution in [3.05, 3.63) is 29.3 Å². The second-order valence-corrected chi connectivity index (χ2v) is 5.01. The Balaban J connectivity index is 2.13. The van der Waals surface area contributed by atoms with Crippen molar-refractivity contribution in [3.63, 3.8) is 0 Å². The van der Waals surface area contributed by atoms with Crippen LogP contribution in [0.3, 0.4) is 0 Å². The van der Waals surface area contributed by atoms with Gasteiger partial charge in [0, 0.05) is 18.8 Å². The molecule has 6 heteroatoms. The normalized spacial score (nSPS) is 16.1. The van der Waals surface area contributed by atoms with E-state index < -0.39 is 11.7 Å². The van der Waals surface area contributed by atoms with Crippen LogP contribution in [0.4, 0.5) is 23.7 Å². The molecule has 1 aromatic carbocycles. The van der Waals surface area contributed by atoms with Gasteiger partial charge in [-0.05, 0) is 43.9 Å². The number of nitrogens with one attached hydrogen (secondary N) is 1. The molecule has 1 heterocycles. The SMILES string of the molecule is Cc1ccc(C(F)(F)F)cc1NC(=O)N1CCCCC1. The summed E-state index contributed by atoms with van der Waals surface area (Å²) in [7, 11) is 0. The first kappa shape index (κ1) is 14.7. The van der Waals surface area contributed by atoms with Crippen molar-refractivity contribution < 1.29 is 18.0 Å². The van der Waals surface area contributed by atoms with E-state index in [0.29, 0.717) is 18.7 Å². The third-order valence-electron chi connectivity index (χ3n) is 3.45. The number of urea groups is 1. The van der Waals surface area contributed by atoms with Crippen LogP contribution >= 0.6 is 0 Å². The lowest BCUT2D eigenvalue weighted by Crippen LogP contribution is -2.38. The zero-order chi connectivity index (χ0) is 14.8. The molecule has 2 rings (SSSR count). The highest BCUT2D eigenvalue weighted by molar-refractivity contribution is 5.90. The summed E-state index contributed by atoms with van der Waals surface area (Å²) in [5.41, 5.74) is 0.0794. The Morgan fingerprint density at radius 3 is 2.45 bits per heavy atom. The van der Waals surface area contributed by atoms with E-state index >= 15 is 0 Å². The predicted octanol–water partition coefficient (Wildman–Crippen LogP) is 4.03. The van der Waals surface area contributed by atoms with E-state index in [1.807, 2.05) is 0 Å². The first-order chi connectivity index (χ1) is 9.38. The fraction of sp³-hybridized carbons (Fsp3) is 0.500. The van der Waals surface area contributed by atoms with Crippen LogP contribution in [0.5, 0.6) is 0 Å². The number of anilines is 1. The minimum absolute atomic E-state index is 0.218. The molecule has 1 aromatic rings. The molecule has 110 valence electrons. The molecule has 0 atom stereocenters. The summed E-state index contributed by atoms with van der Waals surface area (Å²) in [6.45, 7) is 2.99. The second-order valence-electron chi connectivity index (χ2n) is 5.01. The molecule has 1 fully saturated rings. The first-order valence-electron chi connectivity index (χ1n) is 6.62. The van der Waals surface area contributed by atoms with Crippen molar-refractivity contribution in [1.29, 1.82) is 0 Å². The molecule has 0 saturated carbocycles. The highest BCUT2D eigenvalue weighted by atomic mass is 19.4. The Morgan fingerprint density at radius 2 is 1.85 bits per heavy atom. The van der Waals surface area contributed by atoms with E-state index in [2.05, 4.69) is 5.32 Å². The lowest BCUT2D eigenvalue weighted by Gasteiger charge is -2.27. The number of alkyl halides is 3. The fourth-order valence-electron chi connectivity index (χ4n) is 2.22. The van der Waals surface area contributed by atoms with Gasteiger partial charge in [-0.25, -0.2) is 4.79 Å². The van der Waals surface area contributed by atoms with Crippen molar-refractivity contribution in [3.8, 4) is 0 Å². The molecule has 1 aliphatic rings. The van der Waals surface area contributed by atoms with Crippen LogP contribution in [0, 0.1) is 6.92 Å². The minimum atomic E-state index is -4.40. The average molecular weight is 286 g/mol. The summed E-state index contributed by atoms with van der Waals surface area (Å²) >= 11 is 0. The van der Waals surface area contributed by atoms with Crippen LogP contribution in [-0.4, -0.2) is 24.0 Å². The zero-order valence-electron chi connectivity index (χ0n) is 11.3. The third kappa shape index (κ3) is 3.43. The first-order valence-corrected chi connectivity index (χ1v) is 6.62. The summed E-state index contributed by atoms with van der Waals surface area (Å²) < 4.78 is 38.0. The molecule has 1 saturated heterocycles. The highest BCUT2D eigenvalue weighted by Gasteiger charge is 2.31. The quantitative estimate of drug-likeness (QED) is 0.830. The number of nitrogens with zero attached hydrogens (tertiary/aromatic N) is 1. The van der Waals surface area contributed by atoms with Crippen molar-refractivity contribution in [1.82, 2.24) is 4.90 Å². The Hall–Kier alpha value is -1.72. The Kier molecular flexibility index (Phi) is 4.20. The third-order valence-corrected chi connectivity index (χ3v) is 3.45. The van der Waals surface area contributed by atoms with Crippen LogP contribution in [0.1, 0.15) is 30.4 Å². The molecule has 1 N–H and O–H groups in total. The molecule has 1 aliphatic heterocycles. The Bertz CT molecular complexity index is 494. The topological polar surface area (TPSA) is 32.3 Å². The highest BCUT2D eigenvalue weighted by Crippen LogP contribution is 2.32. The monoisotopic (exact) mass is 286 g/mol. The zero-order valence-corrected chi connectivity index (χ0v) is 11.3. The van der Waals surface area contributed by atoms with Crippen LogP contribution < -0.4 is 5.32 Å². The van der Waals surface area contributed by atoms with Gasteiger partial charge in [-0.2, -0.15) is 13.2 Å². The molecule has 2 amide bonds. The summed E-state index contributed by atoms with van der Waals surface area (Å²) in [4.78, 5) is 13.7. The summed E-state index contributed by atoms with van der Waals surface area (Å²) in [5.74, 6) is 0. The smallest absolute Gasteiger partial charge is 0.325 e. The van der Waals surface area contributed by atoms with Gasteiger partial charge in [0.05, 0.1) is 5.56 Å². The van der Waals surface area contributed by atoms with Gasteiger partial charge >= 0.3 is 12.2 Å². The number of amides is 2. The largest absolute Gasteiger partial charge is 0.416 e. The number of piperidine rings is 1. The lowest BCUT2D eigenvalue weighted by molar-refractivity contribution is -0.137. The number of aryl methyl sites for hydroxylation is 1. The van der Waals surface area contributed by atoms with Gasteiger partial charge in [-0.3, -0.25) is 0 Å². The standard InChI is InChI=1S/C14H17F3N2O/c1-10-5-6-11(14(15,16)17)9-12(10)18-13(20)19-7-3-2-4-8-19/h5-6,9H,2-4,7-8H2,1H3,(H,18,20). The predicted molar refractivity (Wildman–Crippen MR) is 70.6 cm³/mol. The number of hydrogen-bond donors (Lipinski definition) is 1. The van der Waals surface area contributed by atoms with Gasteiger partial charge in [-0.15, -0.1) is 0 Å². The fourth-order valence-corrected chi connectivity index (χ4v) is 2.22. The molecule has 3 nitrogen and oxygen atoms in total. The maximum atomic E-state index is 12.7. The number of likely N-dealkylation sites (tertiary alicyclic amines) is 1. The number of carbonyl (C=O) groups excluding carboxylic acids is 1. The molecule has 0 bridgehead atoms. The van der Waals surface area contributed by atoms with Gasteiger partial charge in [0.25, 0.3) is 0 Å². The van der Waals surface area contributed by atoms with Crippen LogP contribution in [0.15, 0.2) is 18.2 Å². The Labute approximate surface area is 115 Å². The number of carbonyl (C=O) groups is 1. The van der Waals surface area contributed by atoms with E-state index in [1.165, 1.54) is 6.07 Å². The summed E-state index contributed by atoms with van der Waals surface area (Å²) in [6.07, 6.45) is -1.44. The number of hydrogen-bond acceptors (Lipinski definition) is 1. The molecular weight excluding hydrogens is 269 g/mol. The van der Waals surface area contributed by atoms with Gasteiger partial charge in [0.1, 0.15) is 0 Å². The van der Waals surface area contributed by atoms with E-state index in [4.69, 9.17) is 0 Å². The molecule has 20 heavy (non-hydrogen) atoms. The van der Waals surface area contributed by atoms with Gasteiger partial charge < -0.3 is 10.2 Å².